The predicted molar refractivity (Wildman–Crippen MR) is 78.7 cm³/mol. The summed E-state index contributed by atoms with van der Waals surface area (Å²) in [6.07, 6.45) is 0.618. The fraction of sp³-hybridized carbons (Fsp3) is 0.429. The number of carbonyl (C=O) groups is 2. The van der Waals surface area contributed by atoms with Gasteiger partial charge in [-0.1, -0.05) is 0 Å². The topological polar surface area (TPSA) is 65.1 Å². The maximum atomic E-state index is 12.5. The highest BCUT2D eigenvalue weighted by molar-refractivity contribution is 9.10. The zero-order valence-electron chi connectivity index (χ0n) is 12.0. The summed E-state index contributed by atoms with van der Waals surface area (Å²) in [5.41, 5.74) is 0.424. The highest BCUT2D eigenvalue weighted by Crippen LogP contribution is 2.37. The third-order valence-corrected chi connectivity index (χ3v) is 4.02. The van der Waals surface area contributed by atoms with E-state index in [-0.39, 0.29) is 5.91 Å². The third-order valence-electron chi connectivity index (χ3n) is 3.43. The molecule has 6 nitrogen and oxygen atoms in total. The molecular weight excluding hydrogens is 342 g/mol. The van der Waals surface area contributed by atoms with E-state index in [0.29, 0.717) is 34.5 Å². The van der Waals surface area contributed by atoms with Crippen molar-refractivity contribution in [1.82, 2.24) is 4.90 Å². The average molecular weight is 358 g/mol. The Bertz CT molecular complexity index is 575. The molecule has 21 heavy (non-hydrogen) atoms. The number of methoxy groups -OCH3 is 3. The summed E-state index contributed by atoms with van der Waals surface area (Å²) in [5, 5.41) is 0. The van der Waals surface area contributed by atoms with Crippen LogP contribution in [0.15, 0.2) is 16.6 Å². The minimum Gasteiger partial charge on any atom is -0.493 e. The summed E-state index contributed by atoms with van der Waals surface area (Å²) < 4.78 is 15.7. The summed E-state index contributed by atoms with van der Waals surface area (Å²) in [6.45, 7) is 0.532. The standard InChI is InChI=1S/C14H16BrNO5/c1-19-11-7-8(6-9(15)12(11)20-2)13(17)16-5-4-10(16)14(18)21-3/h6-7,10H,4-5H2,1-3H3. The van der Waals surface area contributed by atoms with Crippen molar-refractivity contribution in [1.29, 1.82) is 0 Å². The molecule has 1 aliphatic heterocycles. The zero-order valence-corrected chi connectivity index (χ0v) is 13.6. The molecule has 114 valence electrons. The van der Waals surface area contributed by atoms with E-state index in [2.05, 4.69) is 20.7 Å². The Morgan fingerprint density at radius 3 is 2.43 bits per heavy atom. The van der Waals surface area contributed by atoms with Crippen molar-refractivity contribution in [3.05, 3.63) is 22.2 Å². The molecule has 0 aliphatic carbocycles. The van der Waals surface area contributed by atoms with E-state index in [1.807, 2.05) is 0 Å². The van der Waals surface area contributed by atoms with Crippen LogP contribution in [0.1, 0.15) is 16.8 Å². The fourth-order valence-electron chi connectivity index (χ4n) is 2.22. The lowest BCUT2D eigenvalue weighted by molar-refractivity contribution is -0.149. The molecule has 0 spiro atoms. The Balaban J connectivity index is 2.28. The van der Waals surface area contributed by atoms with Crippen LogP contribution >= 0.6 is 15.9 Å². The van der Waals surface area contributed by atoms with Gasteiger partial charge in [0.05, 0.1) is 25.8 Å². The third kappa shape index (κ3) is 2.83. The van der Waals surface area contributed by atoms with Crippen LogP contribution in [0.25, 0.3) is 0 Å². The van der Waals surface area contributed by atoms with Crippen molar-refractivity contribution >= 4 is 27.8 Å². The largest absolute Gasteiger partial charge is 0.493 e. The number of nitrogens with zero attached hydrogens (tertiary/aromatic N) is 1. The molecule has 1 unspecified atom stereocenters. The number of benzene rings is 1. The Kier molecular flexibility index (Phi) is 4.72. The lowest BCUT2D eigenvalue weighted by atomic mass is 10.0. The summed E-state index contributed by atoms with van der Waals surface area (Å²) in [6, 6.07) is 2.74. The van der Waals surface area contributed by atoms with E-state index in [1.54, 1.807) is 12.1 Å². The van der Waals surface area contributed by atoms with E-state index < -0.39 is 12.0 Å². The van der Waals surface area contributed by atoms with E-state index in [1.165, 1.54) is 26.2 Å². The number of halogens is 1. The van der Waals surface area contributed by atoms with E-state index in [4.69, 9.17) is 9.47 Å². The molecule has 0 N–H and O–H groups in total. The molecule has 1 atom stereocenters. The van der Waals surface area contributed by atoms with Gasteiger partial charge < -0.3 is 19.1 Å². The molecule has 1 aromatic carbocycles. The molecule has 1 amide bonds. The second kappa shape index (κ2) is 6.34. The smallest absolute Gasteiger partial charge is 0.328 e. The molecule has 0 radical (unpaired) electrons. The van der Waals surface area contributed by atoms with Crippen LogP contribution in [0.2, 0.25) is 0 Å². The van der Waals surface area contributed by atoms with Crippen LogP contribution in [0.5, 0.6) is 11.5 Å². The molecule has 2 rings (SSSR count). The van der Waals surface area contributed by atoms with Crippen LogP contribution in [-0.2, 0) is 9.53 Å². The predicted octanol–water partition coefficient (Wildman–Crippen LogP) is 1.85. The van der Waals surface area contributed by atoms with Crippen molar-refractivity contribution in [2.75, 3.05) is 27.9 Å². The zero-order chi connectivity index (χ0) is 15.6. The van der Waals surface area contributed by atoms with Gasteiger partial charge in [-0.15, -0.1) is 0 Å². The average Bonchev–Trinajstić information content (AvgIpc) is 2.44. The van der Waals surface area contributed by atoms with Crippen LogP contribution in [0, 0.1) is 0 Å². The quantitative estimate of drug-likeness (QED) is 0.769. The first-order chi connectivity index (χ1) is 10.0. The number of ether oxygens (including phenoxy) is 3. The minimum atomic E-state index is -0.505. The van der Waals surface area contributed by atoms with Crippen molar-refractivity contribution in [3.63, 3.8) is 0 Å². The summed E-state index contributed by atoms with van der Waals surface area (Å²) >= 11 is 3.35. The van der Waals surface area contributed by atoms with Crippen molar-refractivity contribution < 1.29 is 23.8 Å². The first kappa shape index (κ1) is 15.6. The molecule has 0 aromatic heterocycles. The molecule has 0 saturated carbocycles. The van der Waals surface area contributed by atoms with Crippen molar-refractivity contribution in [3.8, 4) is 11.5 Å². The molecule has 1 heterocycles. The lowest BCUT2D eigenvalue weighted by Gasteiger charge is -2.38. The number of carbonyl (C=O) groups excluding carboxylic acids is 2. The van der Waals surface area contributed by atoms with E-state index >= 15 is 0 Å². The van der Waals surface area contributed by atoms with Crippen LogP contribution in [0.4, 0.5) is 0 Å². The Labute approximate surface area is 131 Å². The highest BCUT2D eigenvalue weighted by atomic mass is 79.9. The first-order valence-corrected chi connectivity index (χ1v) is 7.13. The lowest BCUT2D eigenvalue weighted by Crippen LogP contribution is -2.55. The van der Waals surface area contributed by atoms with E-state index in [0.717, 1.165) is 0 Å². The SMILES string of the molecule is COC(=O)C1CCN1C(=O)c1cc(Br)c(OC)c(OC)c1. The maximum absolute atomic E-state index is 12.5. The summed E-state index contributed by atoms with van der Waals surface area (Å²) in [4.78, 5) is 25.5. The van der Waals surface area contributed by atoms with Gasteiger partial charge in [0.2, 0.25) is 0 Å². The molecule has 1 aromatic rings. The second-order valence-electron chi connectivity index (χ2n) is 4.52. The molecule has 1 aliphatic rings. The minimum absolute atomic E-state index is 0.238. The Morgan fingerprint density at radius 1 is 1.24 bits per heavy atom. The van der Waals surface area contributed by atoms with Crippen LogP contribution in [-0.4, -0.2) is 50.7 Å². The van der Waals surface area contributed by atoms with Crippen molar-refractivity contribution in [2.24, 2.45) is 0 Å². The number of esters is 1. The van der Waals surface area contributed by atoms with Gasteiger partial charge >= 0.3 is 5.97 Å². The molecule has 7 heteroatoms. The molecule has 1 saturated heterocycles. The first-order valence-electron chi connectivity index (χ1n) is 6.33. The monoisotopic (exact) mass is 357 g/mol. The normalized spacial score (nSPS) is 17.0. The number of hydrogen-bond acceptors (Lipinski definition) is 5. The van der Waals surface area contributed by atoms with Gasteiger partial charge in [0, 0.05) is 12.1 Å². The summed E-state index contributed by atoms with van der Waals surface area (Å²) in [5.74, 6) is 0.333. The fourth-order valence-corrected chi connectivity index (χ4v) is 2.82. The van der Waals surface area contributed by atoms with Gasteiger partial charge in [0.15, 0.2) is 11.5 Å². The number of likely N-dealkylation sites (tertiary alicyclic amines) is 1. The number of hydrogen-bond donors (Lipinski definition) is 0. The maximum Gasteiger partial charge on any atom is 0.328 e. The van der Waals surface area contributed by atoms with E-state index in [9.17, 15) is 9.59 Å². The Hall–Kier alpha value is -1.76. The molecular formula is C14H16BrNO5. The van der Waals surface area contributed by atoms with Gasteiger partial charge in [-0.2, -0.15) is 0 Å². The van der Waals surface area contributed by atoms with Gasteiger partial charge in [-0.25, -0.2) is 4.79 Å². The van der Waals surface area contributed by atoms with Gasteiger partial charge in [-0.05, 0) is 34.5 Å². The van der Waals surface area contributed by atoms with Gasteiger partial charge in [0.1, 0.15) is 6.04 Å². The highest BCUT2D eigenvalue weighted by Gasteiger charge is 2.39. The van der Waals surface area contributed by atoms with Crippen LogP contribution in [0.3, 0.4) is 0 Å². The number of rotatable bonds is 4. The summed E-state index contributed by atoms with van der Waals surface area (Å²) in [7, 11) is 4.34. The molecule has 0 bridgehead atoms. The number of amides is 1. The molecule has 1 fully saturated rings. The van der Waals surface area contributed by atoms with Gasteiger partial charge in [0.25, 0.3) is 5.91 Å². The van der Waals surface area contributed by atoms with Gasteiger partial charge in [-0.3, -0.25) is 4.79 Å². The Morgan fingerprint density at radius 2 is 1.95 bits per heavy atom. The second-order valence-corrected chi connectivity index (χ2v) is 5.37. The van der Waals surface area contributed by atoms with Crippen molar-refractivity contribution in [2.45, 2.75) is 12.5 Å². The van der Waals surface area contributed by atoms with Crippen LogP contribution < -0.4 is 9.47 Å².